The number of rotatable bonds is 4. The van der Waals surface area contributed by atoms with Crippen molar-refractivity contribution in [3.63, 3.8) is 0 Å². The topological polar surface area (TPSA) is 74.2 Å². The van der Waals surface area contributed by atoms with Gasteiger partial charge in [0, 0.05) is 44.6 Å². The zero-order chi connectivity index (χ0) is 18.5. The number of pyridine rings is 1. The van der Waals surface area contributed by atoms with Crippen LogP contribution in [0.3, 0.4) is 0 Å². The lowest BCUT2D eigenvalue weighted by atomic mass is 9.95. The third-order valence-corrected chi connectivity index (χ3v) is 5.40. The van der Waals surface area contributed by atoms with Gasteiger partial charge in [0.2, 0.25) is 5.95 Å². The molecule has 1 N–H and O–H groups in total. The van der Waals surface area contributed by atoms with Crippen molar-refractivity contribution in [1.29, 1.82) is 0 Å². The molecular formula is C20H26N6O. The molecule has 4 rings (SSSR count). The Bertz CT molecular complexity index is 737. The summed E-state index contributed by atoms with van der Waals surface area (Å²) in [4.78, 5) is 29.9. The number of hydrogen-bond donors (Lipinski definition) is 1. The van der Waals surface area contributed by atoms with Gasteiger partial charge in [-0.1, -0.05) is 19.3 Å². The number of anilines is 2. The first-order valence-corrected chi connectivity index (χ1v) is 9.83. The molecule has 1 amide bonds. The second-order valence-electron chi connectivity index (χ2n) is 7.23. The van der Waals surface area contributed by atoms with Gasteiger partial charge in [0.25, 0.3) is 5.91 Å². The minimum absolute atomic E-state index is 0.0560. The molecule has 0 spiro atoms. The summed E-state index contributed by atoms with van der Waals surface area (Å²) in [5.41, 5.74) is 1.55. The summed E-state index contributed by atoms with van der Waals surface area (Å²) in [7, 11) is 0. The van der Waals surface area contributed by atoms with Crippen molar-refractivity contribution < 1.29 is 4.79 Å². The van der Waals surface area contributed by atoms with Crippen LogP contribution in [-0.2, 0) is 0 Å². The normalized spacial score (nSPS) is 18.4. The van der Waals surface area contributed by atoms with Crippen LogP contribution in [0, 0.1) is 0 Å². The fourth-order valence-electron chi connectivity index (χ4n) is 3.83. The molecule has 7 nitrogen and oxygen atoms in total. The highest BCUT2D eigenvalue weighted by atomic mass is 16.1. The van der Waals surface area contributed by atoms with Crippen molar-refractivity contribution in [1.82, 2.24) is 20.3 Å². The molecule has 0 bridgehead atoms. The van der Waals surface area contributed by atoms with Crippen LogP contribution in [0.25, 0.3) is 0 Å². The van der Waals surface area contributed by atoms with E-state index < -0.39 is 0 Å². The van der Waals surface area contributed by atoms with Crippen LogP contribution in [0.2, 0.25) is 0 Å². The quantitative estimate of drug-likeness (QED) is 0.895. The number of carbonyl (C=O) groups is 1. The van der Waals surface area contributed by atoms with E-state index in [9.17, 15) is 4.79 Å². The molecular weight excluding hydrogens is 340 g/mol. The number of aromatic nitrogens is 3. The Balaban J connectivity index is 1.32. The Hall–Kier alpha value is -2.70. The molecule has 27 heavy (non-hydrogen) atoms. The molecule has 3 heterocycles. The predicted octanol–water partition coefficient (Wildman–Crippen LogP) is 2.26. The lowest BCUT2D eigenvalue weighted by molar-refractivity contribution is 0.0922. The average Bonchev–Trinajstić information content (AvgIpc) is 2.75. The van der Waals surface area contributed by atoms with Crippen molar-refractivity contribution in [2.24, 2.45) is 0 Å². The molecule has 2 fully saturated rings. The summed E-state index contributed by atoms with van der Waals surface area (Å²) in [5.74, 6) is 0.726. The highest BCUT2D eigenvalue weighted by molar-refractivity contribution is 5.92. The first-order chi connectivity index (χ1) is 13.3. The highest BCUT2D eigenvalue weighted by Gasteiger charge is 2.20. The molecule has 0 aromatic carbocycles. The summed E-state index contributed by atoms with van der Waals surface area (Å²) >= 11 is 0. The highest BCUT2D eigenvalue weighted by Crippen LogP contribution is 2.19. The molecule has 0 atom stereocenters. The summed E-state index contributed by atoms with van der Waals surface area (Å²) < 4.78 is 0. The molecule has 7 heteroatoms. The van der Waals surface area contributed by atoms with Gasteiger partial charge in [-0.15, -0.1) is 0 Å². The smallest absolute Gasteiger partial charge is 0.270 e. The van der Waals surface area contributed by atoms with E-state index in [0.29, 0.717) is 11.7 Å². The molecule has 0 unspecified atom stereocenters. The van der Waals surface area contributed by atoms with Gasteiger partial charge in [0.05, 0.1) is 11.9 Å². The van der Waals surface area contributed by atoms with E-state index in [4.69, 9.17) is 0 Å². The Kier molecular flexibility index (Phi) is 5.46. The molecule has 2 aliphatic rings. The molecule has 1 aliphatic heterocycles. The van der Waals surface area contributed by atoms with Gasteiger partial charge < -0.3 is 15.1 Å². The van der Waals surface area contributed by atoms with Gasteiger partial charge in [0.15, 0.2) is 0 Å². The maximum absolute atomic E-state index is 12.4. The first kappa shape index (κ1) is 17.7. The van der Waals surface area contributed by atoms with E-state index in [1.807, 2.05) is 24.4 Å². The van der Waals surface area contributed by atoms with Crippen LogP contribution in [0.1, 0.15) is 42.6 Å². The molecule has 1 saturated carbocycles. The summed E-state index contributed by atoms with van der Waals surface area (Å²) in [6, 6.07) is 5.97. The van der Waals surface area contributed by atoms with Gasteiger partial charge in [-0.05, 0) is 31.0 Å². The van der Waals surface area contributed by atoms with Crippen LogP contribution in [0.15, 0.2) is 36.8 Å². The SMILES string of the molecule is O=C(NC1CCCCC1)c1ccc(N2CCN(c3ncccn3)CC2)cn1. The molecule has 1 saturated heterocycles. The Morgan fingerprint density at radius 1 is 0.926 bits per heavy atom. The Morgan fingerprint density at radius 3 is 2.30 bits per heavy atom. The third kappa shape index (κ3) is 4.35. The van der Waals surface area contributed by atoms with E-state index in [1.54, 1.807) is 12.4 Å². The molecule has 2 aromatic rings. The second kappa shape index (κ2) is 8.33. The fourth-order valence-corrected chi connectivity index (χ4v) is 3.83. The Morgan fingerprint density at radius 2 is 1.63 bits per heavy atom. The number of nitrogens with one attached hydrogen (secondary N) is 1. The molecule has 1 aliphatic carbocycles. The number of piperazine rings is 1. The van der Waals surface area contributed by atoms with E-state index in [2.05, 4.69) is 30.1 Å². The van der Waals surface area contributed by atoms with Gasteiger partial charge in [-0.25, -0.2) is 15.0 Å². The van der Waals surface area contributed by atoms with E-state index >= 15 is 0 Å². The zero-order valence-corrected chi connectivity index (χ0v) is 15.5. The average molecular weight is 366 g/mol. The summed E-state index contributed by atoms with van der Waals surface area (Å²) in [6.45, 7) is 3.50. The lowest BCUT2D eigenvalue weighted by Crippen LogP contribution is -2.47. The Labute approximate surface area is 159 Å². The molecule has 0 radical (unpaired) electrons. The van der Waals surface area contributed by atoms with Crippen LogP contribution in [-0.4, -0.2) is 53.1 Å². The van der Waals surface area contributed by atoms with Crippen molar-refractivity contribution in [3.8, 4) is 0 Å². The predicted molar refractivity (Wildman–Crippen MR) is 105 cm³/mol. The van der Waals surface area contributed by atoms with Crippen molar-refractivity contribution in [2.45, 2.75) is 38.1 Å². The van der Waals surface area contributed by atoms with Gasteiger partial charge in [-0.3, -0.25) is 4.79 Å². The van der Waals surface area contributed by atoms with Crippen LogP contribution in [0.4, 0.5) is 11.6 Å². The molecule has 2 aromatic heterocycles. The monoisotopic (exact) mass is 366 g/mol. The molecule has 142 valence electrons. The third-order valence-electron chi connectivity index (χ3n) is 5.40. The van der Waals surface area contributed by atoms with Crippen LogP contribution < -0.4 is 15.1 Å². The van der Waals surface area contributed by atoms with Gasteiger partial charge in [-0.2, -0.15) is 0 Å². The minimum atomic E-state index is -0.0560. The fraction of sp³-hybridized carbons (Fsp3) is 0.500. The van der Waals surface area contributed by atoms with E-state index in [0.717, 1.165) is 50.7 Å². The van der Waals surface area contributed by atoms with E-state index in [1.165, 1.54) is 19.3 Å². The first-order valence-electron chi connectivity index (χ1n) is 9.83. The minimum Gasteiger partial charge on any atom is -0.367 e. The zero-order valence-electron chi connectivity index (χ0n) is 15.5. The lowest BCUT2D eigenvalue weighted by Gasteiger charge is -2.35. The summed E-state index contributed by atoms with van der Waals surface area (Å²) in [6.07, 6.45) is 11.2. The van der Waals surface area contributed by atoms with Crippen LogP contribution >= 0.6 is 0 Å². The second-order valence-corrected chi connectivity index (χ2v) is 7.23. The number of amides is 1. The van der Waals surface area contributed by atoms with Crippen LogP contribution in [0.5, 0.6) is 0 Å². The maximum atomic E-state index is 12.4. The summed E-state index contributed by atoms with van der Waals surface area (Å²) in [5, 5.41) is 3.12. The van der Waals surface area contributed by atoms with Crippen molar-refractivity contribution in [2.75, 3.05) is 36.0 Å². The maximum Gasteiger partial charge on any atom is 0.270 e. The van der Waals surface area contributed by atoms with Gasteiger partial charge in [0.1, 0.15) is 5.69 Å². The number of nitrogens with zero attached hydrogens (tertiary/aromatic N) is 5. The number of hydrogen-bond acceptors (Lipinski definition) is 6. The standard InChI is InChI=1S/C20H26N6O/c27-19(24-16-5-2-1-3-6-16)18-8-7-17(15-23-18)25-11-13-26(14-12-25)20-21-9-4-10-22-20/h4,7-10,15-16H,1-3,5-6,11-14H2,(H,24,27). The van der Waals surface area contributed by atoms with Crippen molar-refractivity contribution in [3.05, 3.63) is 42.5 Å². The largest absolute Gasteiger partial charge is 0.367 e. The van der Waals surface area contributed by atoms with Gasteiger partial charge >= 0.3 is 0 Å². The van der Waals surface area contributed by atoms with Crippen molar-refractivity contribution >= 4 is 17.5 Å². The number of carbonyl (C=O) groups excluding carboxylic acids is 1. The van der Waals surface area contributed by atoms with E-state index in [-0.39, 0.29) is 5.91 Å².